The summed E-state index contributed by atoms with van der Waals surface area (Å²) in [7, 11) is 3.17. The lowest BCUT2D eigenvalue weighted by molar-refractivity contribution is -0.134. The number of amides is 1. The number of Topliss-reactive ketones (excluding diaryl/α,β-unsaturated/α-hetero) is 1. The molecule has 0 radical (unpaired) electrons. The summed E-state index contributed by atoms with van der Waals surface area (Å²) < 4.78 is 17.0. The first-order valence-electron chi connectivity index (χ1n) is 10.7. The lowest BCUT2D eigenvalue weighted by Crippen LogP contribution is -2.52. The number of likely N-dealkylation sites (tertiary alicyclic amines) is 1. The summed E-state index contributed by atoms with van der Waals surface area (Å²) in [5, 5.41) is 0. The van der Waals surface area contributed by atoms with E-state index in [2.05, 4.69) is 0 Å². The molecule has 0 atom stereocenters. The van der Waals surface area contributed by atoms with Crippen LogP contribution in [-0.2, 0) is 11.2 Å². The first-order valence-corrected chi connectivity index (χ1v) is 10.7. The Labute approximate surface area is 183 Å². The molecule has 0 saturated carbocycles. The zero-order chi connectivity index (χ0) is 22.2. The highest BCUT2D eigenvalue weighted by atomic mass is 16.5. The molecular formula is C25H29NO5. The summed E-state index contributed by atoms with van der Waals surface area (Å²) in [5.74, 6) is 2.17. The maximum Gasteiger partial charge on any atom is 0.226 e. The Morgan fingerprint density at radius 3 is 2.45 bits per heavy atom. The van der Waals surface area contributed by atoms with Crippen LogP contribution in [0.4, 0.5) is 0 Å². The minimum Gasteiger partial charge on any atom is -0.493 e. The van der Waals surface area contributed by atoms with Crippen LogP contribution in [0.3, 0.4) is 0 Å². The number of benzene rings is 2. The molecule has 1 saturated heterocycles. The highest BCUT2D eigenvalue weighted by Gasteiger charge is 2.44. The number of rotatable bonds is 4. The lowest BCUT2D eigenvalue weighted by atomic mass is 9.81. The molecule has 1 amide bonds. The Morgan fingerprint density at radius 1 is 1.06 bits per heavy atom. The molecule has 1 spiro atoms. The maximum absolute atomic E-state index is 12.9. The van der Waals surface area contributed by atoms with Gasteiger partial charge in [-0.1, -0.05) is 12.1 Å². The van der Waals surface area contributed by atoms with Gasteiger partial charge in [-0.2, -0.15) is 0 Å². The molecule has 2 heterocycles. The number of aryl methyl sites for hydroxylation is 2. The average Bonchev–Trinajstić information content (AvgIpc) is 2.75. The Bertz CT molecular complexity index is 1020. The van der Waals surface area contributed by atoms with Gasteiger partial charge in [0.1, 0.15) is 11.4 Å². The van der Waals surface area contributed by atoms with Crippen LogP contribution in [-0.4, -0.2) is 49.5 Å². The van der Waals surface area contributed by atoms with Gasteiger partial charge in [-0.25, -0.2) is 0 Å². The van der Waals surface area contributed by atoms with E-state index in [4.69, 9.17) is 14.2 Å². The third-order valence-corrected chi connectivity index (χ3v) is 6.35. The fraction of sp³-hybridized carbons (Fsp3) is 0.440. The van der Waals surface area contributed by atoms with Crippen molar-refractivity contribution in [1.29, 1.82) is 0 Å². The van der Waals surface area contributed by atoms with Crippen molar-refractivity contribution in [2.45, 2.75) is 45.1 Å². The Hall–Kier alpha value is -3.02. The molecule has 2 aromatic carbocycles. The number of carbonyl (C=O) groups is 2. The Balaban J connectivity index is 1.43. The van der Waals surface area contributed by atoms with Crippen molar-refractivity contribution in [3.63, 3.8) is 0 Å². The van der Waals surface area contributed by atoms with E-state index in [-0.39, 0.29) is 11.7 Å². The van der Waals surface area contributed by atoms with Gasteiger partial charge in [0.05, 0.1) is 32.6 Å². The predicted octanol–water partition coefficient (Wildman–Crippen LogP) is 3.89. The zero-order valence-electron chi connectivity index (χ0n) is 18.6. The van der Waals surface area contributed by atoms with Crippen LogP contribution in [0.25, 0.3) is 0 Å². The normalized spacial score (nSPS) is 17.2. The predicted molar refractivity (Wildman–Crippen MR) is 117 cm³/mol. The summed E-state index contributed by atoms with van der Waals surface area (Å²) in [6.07, 6.45) is 1.99. The first kappa shape index (κ1) is 21.2. The van der Waals surface area contributed by atoms with Crippen molar-refractivity contribution in [2.75, 3.05) is 27.3 Å². The number of ketones is 1. The minimum absolute atomic E-state index is 0.0661. The molecule has 0 aliphatic carbocycles. The molecule has 164 valence electrons. The highest BCUT2D eigenvalue weighted by Crippen LogP contribution is 2.41. The molecule has 1 fully saturated rings. The Kier molecular flexibility index (Phi) is 5.65. The SMILES string of the molecule is COc1ccc(CC(=O)N2CCC3(CC2)CC(=O)c2cc(C)cc(C)c2O3)cc1OC. The van der Waals surface area contributed by atoms with E-state index in [0.29, 0.717) is 61.6 Å². The van der Waals surface area contributed by atoms with Crippen LogP contribution in [0.1, 0.15) is 46.3 Å². The molecule has 0 N–H and O–H groups in total. The van der Waals surface area contributed by atoms with Crippen LogP contribution in [0.5, 0.6) is 17.2 Å². The molecule has 31 heavy (non-hydrogen) atoms. The minimum atomic E-state index is -0.510. The zero-order valence-corrected chi connectivity index (χ0v) is 18.6. The summed E-state index contributed by atoms with van der Waals surface area (Å²) in [5.41, 5.74) is 3.13. The molecule has 0 bridgehead atoms. The van der Waals surface area contributed by atoms with Crippen LogP contribution in [0.15, 0.2) is 30.3 Å². The molecule has 6 heteroatoms. The third kappa shape index (κ3) is 4.11. The van der Waals surface area contributed by atoms with Crippen molar-refractivity contribution in [1.82, 2.24) is 4.90 Å². The van der Waals surface area contributed by atoms with E-state index < -0.39 is 5.60 Å². The summed E-state index contributed by atoms with van der Waals surface area (Å²) in [6.45, 7) is 5.15. The summed E-state index contributed by atoms with van der Waals surface area (Å²) in [4.78, 5) is 27.6. The van der Waals surface area contributed by atoms with Crippen LogP contribution >= 0.6 is 0 Å². The lowest BCUT2D eigenvalue weighted by Gasteiger charge is -2.44. The largest absolute Gasteiger partial charge is 0.493 e. The molecule has 6 nitrogen and oxygen atoms in total. The second kappa shape index (κ2) is 8.25. The number of methoxy groups -OCH3 is 2. The van der Waals surface area contributed by atoms with Crippen molar-refractivity contribution < 1.29 is 23.8 Å². The van der Waals surface area contributed by atoms with Crippen molar-refractivity contribution in [2.24, 2.45) is 0 Å². The van der Waals surface area contributed by atoms with Gasteiger partial charge >= 0.3 is 0 Å². The summed E-state index contributed by atoms with van der Waals surface area (Å²) in [6, 6.07) is 9.50. The monoisotopic (exact) mass is 423 g/mol. The molecule has 2 aliphatic heterocycles. The number of hydrogen-bond donors (Lipinski definition) is 0. The van der Waals surface area contributed by atoms with Gasteiger partial charge in [-0.3, -0.25) is 9.59 Å². The van der Waals surface area contributed by atoms with Gasteiger partial charge < -0.3 is 19.1 Å². The number of fused-ring (bicyclic) bond motifs is 1. The summed E-state index contributed by atoms with van der Waals surface area (Å²) >= 11 is 0. The number of nitrogens with zero attached hydrogens (tertiary/aromatic N) is 1. The molecule has 2 aromatic rings. The highest BCUT2D eigenvalue weighted by molar-refractivity contribution is 6.01. The fourth-order valence-electron chi connectivity index (χ4n) is 4.66. The van der Waals surface area contributed by atoms with Crippen LogP contribution < -0.4 is 14.2 Å². The fourth-order valence-corrected chi connectivity index (χ4v) is 4.66. The first-order chi connectivity index (χ1) is 14.8. The molecule has 4 rings (SSSR count). The van der Waals surface area contributed by atoms with Gasteiger partial charge in [-0.15, -0.1) is 0 Å². The van der Waals surface area contributed by atoms with E-state index in [0.717, 1.165) is 16.7 Å². The van der Waals surface area contributed by atoms with E-state index in [1.807, 2.05) is 49.1 Å². The van der Waals surface area contributed by atoms with Gasteiger partial charge in [0.25, 0.3) is 0 Å². The smallest absolute Gasteiger partial charge is 0.226 e. The third-order valence-electron chi connectivity index (χ3n) is 6.35. The number of piperidine rings is 1. The number of ether oxygens (including phenoxy) is 3. The molecule has 0 unspecified atom stereocenters. The topological polar surface area (TPSA) is 65.1 Å². The Morgan fingerprint density at radius 2 is 1.77 bits per heavy atom. The standard InChI is InChI=1S/C25H29NO5/c1-16-11-17(2)24-19(12-16)20(27)15-25(31-24)7-9-26(10-8-25)23(28)14-18-5-6-21(29-3)22(13-18)30-4/h5-6,11-13H,7-10,14-15H2,1-4H3. The number of carbonyl (C=O) groups excluding carboxylic acids is 2. The van der Waals surface area contributed by atoms with E-state index >= 15 is 0 Å². The average molecular weight is 424 g/mol. The van der Waals surface area contributed by atoms with Gasteiger partial charge in [0, 0.05) is 25.9 Å². The maximum atomic E-state index is 12.9. The second-order valence-electron chi connectivity index (χ2n) is 8.59. The van der Waals surface area contributed by atoms with Gasteiger partial charge in [0.2, 0.25) is 5.91 Å². The molecule has 0 aromatic heterocycles. The molecular weight excluding hydrogens is 394 g/mol. The van der Waals surface area contributed by atoms with Crippen molar-refractivity contribution in [3.05, 3.63) is 52.6 Å². The number of hydrogen-bond acceptors (Lipinski definition) is 5. The van der Waals surface area contributed by atoms with E-state index in [1.54, 1.807) is 14.2 Å². The molecule has 2 aliphatic rings. The van der Waals surface area contributed by atoms with Gasteiger partial charge in [-0.05, 0) is 48.7 Å². The van der Waals surface area contributed by atoms with Crippen molar-refractivity contribution in [3.8, 4) is 17.2 Å². The van der Waals surface area contributed by atoms with Crippen LogP contribution in [0.2, 0.25) is 0 Å². The second-order valence-corrected chi connectivity index (χ2v) is 8.59. The van der Waals surface area contributed by atoms with Gasteiger partial charge in [0.15, 0.2) is 17.3 Å². The van der Waals surface area contributed by atoms with E-state index in [1.165, 1.54) is 0 Å². The van der Waals surface area contributed by atoms with Crippen LogP contribution in [0, 0.1) is 13.8 Å². The quantitative estimate of drug-likeness (QED) is 0.747. The van der Waals surface area contributed by atoms with Crippen molar-refractivity contribution >= 4 is 11.7 Å². The van der Waals surface area contributed by atoms with E-state index in [9.17, 15) is 9.59 Å².